The van der Waals surface area contributed by atoms with E-state index in [0.717, 1.165) is 37.6 Å². The minimum Gasteiger partial charge on any atom is -0.370 e. The van der Waals surface area contributed by atoms with E-state index in [1.54, 1.807) is 6.33 Å². The molecule has 0 aliphatic carbocycles. The first-order valence-electron chi connectivity index (χ1n) is 7.41. The molecule has 0 aliphatic heterocycles. The molecular formula is C15H28N4. The van der Waals surface area contributed by atoms with E-state index in [1.807, 2.05) is 0 Å². The Morgan fingerprint density at radius 2 is 1.68 bits per heavy atom. The molecule has 0 spiro atoms. The summed E-state index contributed by atoms with van der Waals surface area (Å²) in [5, 5.41) is 6.84. The van der Waals surface area contributed by atoms with Crippen LogP contribution >= 0.6 is 0 Å². The van der Waals surface area contributed by atoms with E-state index in [1.165, 1.54) is 5.56 Å². The Morgan fingerprint density at radius 1 is 1.05 bits per heavy atom. The first-order chi connectivity index (χ1) is 9.10. The molecule has 1 unspecified atom stereocenters. The van der Waals surface area contributed by atoms with Gasteiger partial charge in [-0.1, -0.05) is 34.6 Å². The second-order valence-corrected chi connectivity index (χ2v) is 5.43. The smallest absolute Gasteiger partial charge is 0.134 e. The van der Waals surface area contributed by atoms with Gasteiger partial charge in [0.25, 0.3) is 0 Å². The van der Waals surface area contributed by atoms with Crippen LogP contribution in [0.1, 0.15) is 46.6 Å². The molecule has 0 saturated heterocycles. The first-order valence-corrected chi connectivity index (χ1v) is 7.41. The molecule has 0 amide bonds. The molecule has 4 nitrogen and oxygen atoms in total. The monoisotopic (exact) mass is 264 g/mol. The van der Waals surface area contributed by atoms with Gasteiger partial charge in [-0.3, -0.25) is 0 Å². The number of aromatic nitrogens is 2. The molecule has 0 fully saturated rings. The summed E-state index contributed by atoms with van der Waals surface area (Å²) in [5.41, 5.74) is 1.19. The average Bonchev–Trinajstić information content (AvgIpc) is 2.41. The molecule has 2 N–H and O–H groups in total. The number of hydrogen-bond donors (Lipinski definition) is 2. The van der Waals surface area contributed by atoms with Crippen LogP contribution in [0.5, 0.6) is 0 Å². The predicted octanol–water partition coefficient (Wildman–Crippen LogP) is 3.56. The van der Waals surface area contributed by atoms with Crippen molar-refractivity contribution in [1.29, 1.82) is 0 Å². The summed E-state index contributed by atoms with van der Waals surface area (Å²) >= 11 is 0. The van der Waals surface area contributed by atoms with E-state index in [9.17, 15) is 0 Å². The molecule has 0 saturated carbocycles. The van der Waals surface area contributed by atoms with Crippen molar-refractivity contribution in [2.75, 3.05) is 23.7 Å². The lowest BCUT2D eigenvalue weighted by molar-refractivity contribution is 0.439. The van der Waals surface area contributed by atoms with Gasteiger partial charge in [0.2, 0.25) is 0 Å². The Labute approximate surface area is 117 Å². The summed E-state index contributed by atoms with van der Waals surface area (Å²) in [5.74, 6) is 3.26. The molecule has 0 aliphatic rings. The quantitative estimate of drug-likeness (QED) is 0.753. The third kappa shape index (κ3) is 4.69. The van der Waals surface area contributed by atoms with E-state index >= 15 is 0 Å². The number of hydrogen-bond acceptors (Lipinski definition) is 4. The Kier molecular flexibility index (Phi) is 6.60. The van der Waals surface area contributed by atoms with Crippen molar-refractivity contribution in [3.8, 4) is 0 Å². The van der Waals surface area contributed by atoms with Gasteiger partial charge in [0.05, 0.1) is 0 Å². The lowest BCUT2D eigenvalue weighted by Gasteiger charge is -2.19. The van der Waals surface area contributed by atoms with Crippen LogP contribution in [0, 0.1) is 11.8 Å². The van der Waals surface area contributed by atoms with E-state index in [4.69, 9.17) is 0 Å². The maximum absolute atomic E-state index is 4.39. The van der Waals surface area contributed by atoms with Crippen LogP contribution < -0.4 is 10.6 Å². The predicted molar refractivity (Wildman–Crippen MR) is 82.7 cm³/mol. The van der Waals surface area contributed by atoms with Gasteiger partial charge in [0, 0.05) is 18.7 Å². The van der Waals surface area contributed by atoms with E-state index in [0.29, 0.717) is 11.8 Å². The van der Waals surface area contributed by atoms with Crippen molar-refractivity contribution >= 4 is 11.6 Å². The first kappa shape index (κ1) is 15.7. The number of nitrogens with zero attached hydrogens (tertiary/aromatic N) is 2. The van der Waals surface area contributed by atoms with E-state index < -0.39 is 0 Å². The molecule has 4 heteroatoms. The van der Waals surface area contributed by atoms with Crippen LogP contribution in [0.4, 0.5) is 11.6 Å². The van der Waals surface area contributed by atoms with Gasteiger partial charge in [-0.2, -0.15) is 0 Å². The molecule has 1 rings (SSSR count). The maximum Gasteiger partial charge on any atom is 0.134 e. The summed E-state index contributed by atoms with van der Waals surface area (Å²) in [6, 6.07) is 0. The zero-order valence-corrected chi connectivity index (χ0v) is 13.0. The van der Waals surface area contributed by atoms with Crippen LogP contribution in [0.25, 0.3) is 0 Å². The standard InChI is InChI=1S/C15H28N4/c1-6-8-16-14-13(7-2)15(19-10-18-14)17-9-12(5)11(3)4/h10-12H,6-9H2,1-5H3,(H2,16,17,18,19). The van der Waals surface area contributed by atoms with Crippen molar-refractivity contribution in [2.24, 2.45) is 11.8 Å². The van der Waals surface area contributed by atoms with Crippen molar-refractivity contribution in [1.82, 2.24) is 9.97 Å². The van der Waals surface area contributed by atoms with Crippen molar-refractivity contribution in [2.45, 2.75) is 47.5 Å². The van der Waals surface area contributed by atoms with Crippen molar-refractivity contribution < 1.29 is 0 Å². The fraction of sp³-hybridized carbons (Fsp3) is 0.733. The van der Waals surface area contributed by atoms with Crippen LogP contribution in [-0.4, -0.2) is 23.1 Å². The summed E-state index contributed by atoms with van der Waals surface area (Å²) in [4.78, 5) is 8.74. The Hall–Kier alpha value is -1.32. The average molecular weight is 264 g/mol. The number of anilines is 2. The lowest BCUT2D eigenvalue weighted by Crippen LogP contribution is -2.18. The van der Waals surface area contributed by atoms with Gasteiger partial charge in [-0.15, -0.1) is 0 Å². The van der Waals surface area contributed by atoms with Crippen molar-refractivity contribution in [3.63, 3.8) is 0 Å². The van der Waals surface area contributed by atoms with Gasteiger partial charge in [-0.25, -0.2) is 9.97 Å². The third-order valence-electron chi connectivity index (χ3n) is 3.57. The Balaban J connectivity index is 2.76. The van der Waals surface area contributed by atoms with E-state index in [-0.39, 0.29) is 0 Å². The highest BCUT2D eigenvalue weighted by Gasteiger charge is 2.11. The highest BCUT2D eigenvalue weighted by molar-refractivity contribution is 5.57. The molecule has 108 valence electrons. The molecule has 0 aromatic carbocycles. The maximum atomic E-state index is 4.39. The molecule has 0 bridgehead atoms. The molecule has 1 aromatic rings. The summed E-state index contributed by atoms with van der Waals surface area (Å²) < 4.78 is 0. The van der Waals surface area contributed by atoms with Gasteiger partial charge in [0.1, 0.15) is 18.0 Å². The lowest BCUT2D eigenvalue weighted by atomic mass is 9.98. The zero-order chi connectivity index (χ0) is 14.3. The molecule has 1 aromatic heterocycles. The van der Waals surface area contributed by atoms with Crippen LogP contribution in [0.15, 0.2) is 6.33 Å². The minimum absolute atomic E-state index is 0.631. The molecule has 19 heavy (non-hydrogen) atoms. The van der Waals surface area contributed by atoms with Crippen molar-refractivity contribution in [3.05, 3.63) is 11.9 Å². The largest absolute Gasteiger partial charge is 0.370 e. The van der Waals surface area contributed by atoms with Crippen LogP contribution in [0.2, 0.25) is 0 Å². The second kappa shape index (κ2) is 7.97. The fourth-order valence-corrected chi connectivity index (χ4v) is 1.79. The van der Waals surface area contributed by atoms with Crippen LogP contribution in [0.3, 0.4) is 0 Å². The Bertz CT molecular complexity index is 376. The highest BCUT2D eigenvalue weighted by atomic mass is 15.1. The molecule has 1 heterocycles. The second-order valence-electron chi connectivity index (χ2n) is 5.43. The third-order valence-corrected chi connectivity index (χ3v) is 3.57. The number of nitrogens with one attached hydrogen (secondary N) is 2. The van der Waals surface area contributed by atoms with Gasteiger partial charge >= 0.3 is 0 Å². The fourth-order valence-electron chi connectivity index (χ4n) is 1.79. The summed E-state index contributed by atoms with van der Waals surface area (Å²) in [7, 11) is 0. The van der Waals surface area contributed by atoms with Gasteiger partial charge in [0.15, 0.2) is 0 Å². The van der Waals surface area contributed by atoms with Gasteiger partial charge in [-0.05, 0) is 24.7 Å². The number of rotatable bonds is 8. The topological polar surface area (TPSA) is 49.8 Å². The zero-order valence-electron chi connectivity index (χ0n) is 13.0. The van der Waals surface area contributed by atoms with Crippen LogP contribution in [-0.2, 0) is 6.42 Å². The molecule has 1 atom stereocenters. The highest BCUT2D eigenvalue weighted by Crippen LogP contribution is 2.21. The van der Waals surface area contributed by atoms with Gasteiger partial charge < -0.3 is 10.6 Å². The van der Waals surface area contributed by atoms with E-state index in [2.05, 4.69) is 55.2 Å². The SMILES string of the molecule is CCCNc1ncnc(NCC(C)C(C)C)c1CC. The normalized spacial score (nSPS) is 12.5. The Morgan fingerprint density at radius 3 is 2.21 bits per heavy atom. The summed E-state index contributed by atoms with van der Waals surface area (Å²) in [6.07, 6.45) is 3.67. The minimum atomic E-state index is 0.631. The summed E-state index contributed by atoms with van der Waals surface area (Å²) in [6.45, 7) is 13.0. The molecule has 0 radical (unpaired) electrons. The molecular weight excluding hydrogens is 236 g/mol.